The Labute approximate surface area is 116 Å². The molecule has 0 radical (unpaired) electrons. The summed E-state index contributed by atoms with van der Waals surface area (Å²) in [5, 5.41) is 23.8. The van der Waals surface area contributed by atoms with E-state index in [0.29, 0.717) is 12.5 Å². The Bertz CT molecular complexity index is 467. The van der Waals surface area contributed by atoms with Crippen LogP contribution in [0.4, 0.5) is 5.69 Å². The number of nitro groups is 1. The van der Waals surface area contributed by atoms with Crippen molar-refractivity contribution in [1.82, 2.24) is 5.32 Å². The third-order valence-electron chi connectivity index (χ3n) is 3.56. The Balaban J connectivity index is 1.89. The molecule has 0 aliphatic heterocycles. The predicted molar refractivity (Wildman–Crippen MR) is 73.2 cm³/mol. The van der Waals surface area contributed by atoms with Crippen LogP contribution in [0.25, 0.3) is 0 Å². The average Bonchev–Trinajstić information content (AvgIpc) is 2.77. The van der Waals surface area contributed by atoms with E-state index < -0.39 is 4.92 Å². The number of rotatable bonds is 5. The molecule has 6 heteroatoms. The fourth-order valence-corrected chi connectivity index (χ4v) is 2.65. The molecule has 2 unspecified atom stereocenters. The summed E-state index contributed by atoms with van der Waals surface area (Å²) < 4.78 is 0. The topological polar surface area (TPSA) is 75.4 Å². The SMILES string of the molecule is O=[N+]([O-])c1cc(CNCC2CCCC2O)ccc1Cl. The van der Waals surface area contributed by atoms with E-state index in [9.17, 15) is 15.2 Å². The molecule has 2 N–H and O–H groups in total. The predicted octanol–water partition coefficient (Wildman–Crippen LogP) is 2.50. The van der Waals surface area contributed by atoms with E-state index in [1.54, 1.807) is 12.1 Å². The second-order valence-electron chi connectivity index (χ2n) is 4.93. The van der Waals surface area contributed by atoms with Gasteiger partial charge in [-0.05, 0) is 30.4 Å². The van der Waals surface area contributed by atoms with Gasteiger partial charge in [0.25, 0.3) is 5.69 Å². The Morgan fingerprint density at radius 1 is 1.47 bits per heavy atom. The number of aliphatic hydroxyl groups is 1. The third kappa shape index (κ3) is 3.65. The highest BCUT2D eigenvalue weighted by molar-refractivity contribution is 6.32. The van der Waals surface area contributed by atoms with E-state index in [0.717, 1.165) is 31.4 Å². The van der Waals surface area contributed by atoms with Crippen LogP contribution in [-0.2, 0) is 6.54 Å². The number of hydrogen-bond acceptors (Lipinski definition) is 4. The standard InChI is InChI=1S/C13H17ClN2O3/c14-11-5-4-9(6-12(11)16(18)19)7-15-8-10-2-1-3-13(10)17/h4-6,10,13,15,17H,1-3,7-8H2. The molecule has 2 atom stereocenters. The fourth-order valence-electron chi connectivity index (χ4n) is 2.47. The molecule has 0 amide bonds. The Hall–Kier alpha value is -1.17. The van der Waals surface area contributed by atoms with Crippen molar-refractivity contribution in [2.24, 2.45) is 5.92 Å². The van der Waals surface area contributed by atoms with Crippen molar-refractivity contribution in [1.29, 1.82) is 0 Å². The quantitative estimate of drug-likeness (QED) is 0.643. The van der Waals surface area contributed by atoms with E-state index in [1.807, 2.05) is 0 Å². The van der Waals surface area contributed by atoms with Gasteiger partial charge in [-0.25, -0.2) is 0 Å². The third-order valence-corrected chi connectivity index (χ3v) is 3.88. The first kappa shape index (κ1) is 14.2. The van der Waals surface area contributed by atoms with Gasteiger partial charge in [0.05, 0.1) is 11.0 Å². The number of benzene rings is 1. The Morgan fingerprint density at radius 2 is 2.26 bits per heavy atom. The molecular weight excluding hydrogens is 268 g/mol. The summed E-state index contributed by atoms with van der Waals surface area (Å²) in [4.78, 5) is 10.3. The van der Waals surface area contributed by atoms with Gasteiger partial charge in [-0.3, -0.25) is 10.1 Å². The van der Waals surface area contributed by atoms with Crippen molar-refractivity contribution < 1.29 is 10.0 Å². The second-order valence-corrected chi connectivity index (χ2v) is 5.34. The lowest BCUT2D eigenvalue weighted by Crippen LogP contribution is -2.27. The minimum Gasteiger partial charge on any atom is -0.393 e. The van der Waals surface area contributed by atoms with Gasteiger partial charge in [0.15, 0.2) is 0 Å². The lowest BCUT2D eigenvalue weighted by Gasteiger charge is -2.15. The van der Waals surface area contributed by atoms with Gasteiger partial charge in [-0.2, -0.15) is 0 Å². The van der Waals surface area contributed by atoms with E-state index in [2.05, 4.69) is 5.32 Å². The first-order chi connectivity index (χ1) is 9.08. The monoisotopic (exact) mass is 284 g/mol. The number of nitrogens with one attached hydrogen (secondary N) is 1. The van der Waals surface area contributed by atoms with Crippen molar-refractivity contribution in [3.05, 3.63) is 38.9 Å². The summed E-state index contributed by atoms with van der Waals surface area (Å²) in [5.41, 5.74) is 0.755. The zero-order valence-electron chi connectivity index (χ0n) is 10.5. The van der Waals surface area contributed by atoms with E-state index in [4.69, 9.17) is 11.6 Å². The average molecular weight is 285 g/mol. The van der Waals surface area contributed by atoms with Crippen molar-refractivity contribution in [3.8, 4) is 0 Å². The lowest BCUT2D eigenvalue weighted by atomic mass is 10.1. The summed E-state index contributed by atoms with van der Waals surface area (Å²) in [5.74, 6) is 0.294. The van der Waals surface area contributed by atoms with E-state index >= 15 is 0 Å². The van der Waals surface area contributed by atoms with Crippen molar-refractivity contribution in [2.75, 3.05) is 6.54 Å². The molecule has 1 saturated carbocycles. The normalized spacial score (nSPS) is 22.6. The molecule has 5 nitrogen and oxygen atoms in total. The van der Waals surface area contributed by atoms with Crippen molar-refractivity contribution in [3.63, 3.8) is 0 Å². The van der Waals surface area contributed by atoms with Crippen LogP contribution in [0.5, 0.6) is 0 Å². The summed E-state index contributed by atoms with van der Waals surface area (Å²) >= 11 is 5.75. The van der Waals surface area contributed by atoms with Crippen LogP contribution in [0.15, 0.2) is 18.2 Å². The molecule has 1 fully saturated rings. The molecule has 1 aliphatic rings. The molecule has 1 aromatic carbocycles. The number of hydrogen-bond donors (Lipinski definition) is 2. The molecule has 19 heavy (non-hydrogen) atoms. The van der Waals surface area contributed by atoms with Crippen LogP contribution in [0.3, 0.4) is 0 Å². The summed E-state index contributed by atoms with van der Waals surface area (Å²) in [7, 11) is 0. The van der Waals surface area contributed by atoms with Crippen LogP contribution in [0, 0.1) is 16.0 Å². The summed E-state index contributed by atoms with van der Waals surface area (Å²) in [6.45, 7) is 1.28. The van der Waals surface area contributed by atoms with Crippen molar-refractivity contribution in [2.45, 2.75) is 31.9 Å². The van der Waals surface area contributed by atoms with Crippen LogP contribution in [0.2, 0.25) is 5.02 Å². The maximum Gasteiger partial charge on any atom is 0.288 e. The molecule has 0 saturated heterocycles. The molecule has 0 bridgehead atoms. The molecule has 104 valence electrons. The smallest absolute Gasteiger partial charge is 0.288 e. The van der Waals surface area contributed by atoms with Gasteiger partial charge in [0, 0.05) is 19.2 Å². The number of nitro benzene ring substituents is 1. The van der Waals surface area contributed by atoms with Gasteiger partial charge in [0.1, 0.15) is 5.02 Å². The van der Waals surface area contributed by atoms with Gasteiger partial charge in [-0.1, -0.05) is 24.1 Å². The Kier molecular flexibility index (Phi) is 4.74. The molecule has 0 heterocycles. The molecule has 0 aromatic heterocycles. The zero-order chi connectivity index (χ0) is 13.8. The van der Waals surface area contributed by atoms with Crippen molar-refractivity contribution >= 4 is 17.3 Å². The molecule has 1 aromatic rings. The minimum absolute atomic E-state index is 0.0677. The van der Waals surface area contributed by atoms with Crippen LogP contribution in [0.1, 0.15) is 24.8 Å². The zero-order valence-corrected chi connectivity index (χ0v) is 11.3. The first-order valence-corrected chi connectivity index (χ1v) is 6.77. The minimum atomic E-state index is -0.480. The molecule has 0 spiro atoms. The van der Waals surface area contributed by atoms with Crippen LogP contribution < -0.4 is 5.32 Å². The van der Waals surface area contributed by atoms with Crippen LogP contribution in [-0.4, -0.2) is 22.7 Å². The number of aliphatic hydroxyl groups excluding tert-OH is 1. The summed E-state index contributed by atoms with van der Waals surface area (Å²) in [6.07, 6.45) is 2.76. The highest BCUT2D eigenvalue weighted by atomic mass is 35.5. The van der Waals surface area contributed by atoms with Gasteiger partial charge >= 0.3 is 0 Å². The fraction of sp³-hybridized carbons (Fsp3) is 0.538. The molecule has 1 aliphatic carbocycles. The van der Waals surface area contributed by atoms with E-state index in [1.165, 1.54) is 6.07 Å². The summed E-state index contributed by atoms with van der Waals surface area (Å²) in [6, 6.07) is 4.80. The maximum atomic E-state index is 10.8. The van der Waals surface area contributed by atoms with Gasteiger partial charge in [-0.15, -0.1) is 0 Å². The first-order valence-electron chi connectivity index (χ1n) is 6.39. The second kappa shape index (κ2) is 6.32. The largest absolute Gasteiger partial charge is 0.393 e. The molecule has 2 rings (SSSR count). The lowest BCUT2D eigenvalue weighted by molar-refractivity contribution is -0.384. The maximum absolute atomic E-state index is 10.8. The highest BCUT2D eigenvalue weighted by Gasteiger charge is 2.24. The number of nitrogens with zero attached hydrogens (tertiary/aromatic N) is 1. The highest BCUT2D eigenvalue weighted by Crippen LogP contribution is 2.26. The van der Waals surface area contributed by atoms with Gasteiger partial charge in [0.2, 0.25) is 0 Å². The van der Waals surface area contributed by atoms with Gasteiger partial charge < -0.3 is 10.4 Å². The molecular formula is C13H17ClN2O3. The number of halogens is 1. The van der Waals surface area contributed by atoms with E-state index in [-0.39, 0.29) is 16.8 Å². The Morgan fingerprint density at radius 3 is 2.89 bits per heavy atom. The van der Waals surface area contributed by atoms with Crippen LogP contribution >= 0.6 is 11.6 Å².